The molecule has 7 nitrogen and oxygen atoms in total. The van der Waals surface area contributed by atoms with Crippen LogP contribution in [0.4, 0.5) is 11.4 Å². The minimum atomic E-state index is -0.344. The van der Waals surface area contributed by atoms with Gasteiger partial charge in [0.2, 0.25) is 5.91 Å². The average molecular weight is 438 g/mol. The second-order valence-electron chi connectivity index (χ2n) is 7.45. The first-order valence-corrected chi connectivity index (χ1v) is 10.6. The molecular weight excluding hydrogens is 414 g/mol. The topological polar surface area (TPSA) is 70.5 Å². The summed E-state index contributed by atoms with van der Waals surface area (Å²) in [6.07, 6.45) is 1.64. The highest BCUT2D eigenvalue weighted by Gasteiger charge is 2.27. The van der Waals surface area contributed by atoms with Crippen molar-refractivity contribution in [3.63, 3.8) is 0 Å². The van der Waals surface area contributed by atoms with Gasteiger partial charge >= 0.3 is 0 Å². The maximum absolute atomic E-state index is 12.7. The predicted molar refractivity (Wildman–Crippen MR) is 123 cm³/mol. The van der Waals surface area contributed by atoms with E-state index in [0.29, 0.717) is 37.6 Å². The van der Waals surface area contributed by atoms with E-state index in [2.05, 4.69) is 15.3 Å². The zero-order chi connectivity index (χ0) is 21.8. The molecular formula is C23H24ClN5O2. The summed E-state index contributed by atoms with van der Waals surface area (Å²) in [6.45, 7) is 4.57. The number of aromatic nitrogens is 2. The van der Waals surface area contributed by atoms with Gasteiger partial charge in [-0.3, -0.25) is 14.5 Å². The number of nitrogens with one attached hydrogen (secondary N) is 1. The van der Waals surface area contributed by atoms with E-state index in [-0.39, 0.29) is 22.5 Å². The van der Waals surface area contributed by atoms with Crippen LogP contribution in [0.3, 0.4) is 0 Å². The number of hydrogen-bond acceptors (Lipinski definition) is 5. The number of benzene rings is 2. The fraction of sp³-hybridized carbons (Fsp3) is 0.261. The SMILES string of the molecule is CC(C(=O)Nc1ccccc1)N1CCN(c2cnn(-c3ccccc3)c(=O)c2Cl)CC1. The van der Waals surface area contributed by atoms with Crippen LogP contribution in [0.5, 0.6) is 0 Å². The zero-order valence-electron chi connectivity index (χ0n) is 17.2. The van der Waals surface area contributed by atoms with Crippen molar-refractivity contribution in [3.8, 4) is 5.69 Å². The lowest BCUT2D eigenvalue weighted by Gasteiger charge is -2.38. The molecule has 1 saturated heterocycles. The molecule has 1 aliphatic rings. The quantitative estimate of drug-likeness (QED) is 0.664. The van der Waals surface area contributed by atoms with Crippen LogP contribution in [0.25, 0.3) is 5.69 Å². The molecule has 4 rings (SSSR count). The molecule has 0 aliphatic carbocycles. The predicted octanol–water partition coefficient (Wildman–Crippen LogP) is 3.04. The molecule has 0 spiro atoms. The molecule has 0 saturated carbocycles. The lowest BCUT2D eigenvalue weighted by atomic mass is 10.2. The van der Waals surface area contributed by atoms with Crippen LogP contribution in [0, 0.1) is 0 Å². The highest BCUT2D eigenvalue weighted by atomic mass is 35.5. The van der Waals surface area contributed by atoms with E-state index < -0.39 is 0 Å². The van der Waals surface area contributed by atoms with Gasteiger partial charge in [-0.1, -0.05) is 48.0 Å². The molecule has 3 aromatic rings. The summed E-state index contributed by atoms with van der Waals surface area (Å²) in [4.78, 5) is 29.5. The van der Waals surface area contributed by atoms with E-state index in [9.17, 15) is 9.59 Å². The van der Waals surface area contributed by atoms with Gasteiger partial charge in [0.15, 0.2) is 0 Å². The Hall–Kier alpha value is -3.16. The van der Waals surface area contributed by atoms with Gasteiger partial charge in [-0.2, -0.15) is 9.78 Å². The molecule has 1 unspecified atom stereocenters. The molecule has 0 radical (unpaired) electrons. The van der Waals surface area contributed by atoms with Crippen LogP contribution in [-0.2, 0) is 4.79 Å². The summed E-state index contributed by atoms with van der Waals surface area (Å²) in [5.74, 6) is -0.0372. The van der Waals surface area contributed by atoms with Gasteiger partial charge in [0, 0.05) is 31.9 Å². The molecule has 0 bridgehead atoms. The molecule has 1 atom stereocenters. The third-order valence-electron chi connectivity index (χ3n) is 5.52. The van der Waals surface area contributed by atoms with Crippen molar-refractivity contribution in [2.75, 3.05) is 36.4 Å². The standard InChI is InChI=1S/C23H24ClN5O2/c1-17(22(30)26-18-8-4-2-5-9-18)27-12-14-28(15-13-27)20-16-25-29(23(31)21(20)24)19-10-6-3-7-11-19/h2-11,16-17H,12-15H2,1H3,(H,26,30). The normalized spacial score (nSPS) is 15.5. The first-order valence-electron chi connectivity index (χ1n) is 10.2. The van der Waals surface area contributed by atoms with E-state index in [1.807, 2.05) is 72.5 Å². The van der Waals surface area contributed by atoms with Crippen molar-refractivity contribution in [1.82, 2.24) is 14.7 Å². The van der Waals surface area contributed by atoms with Crippen LogP contribution in [-0.4, -0.2) is 52.8 Å². The summed E-state index contributed by atoms with van der Waals surface area (Å²) < 4.78 is 1.30. The maximum atomic E-state index is 12.7. The van der Waals surface area contributed by atoms with E-state index in [4.69, 9.17) is 11.6 Å². The Morgan fingerprint density at radius 2 is 1.61 bits per heavy atom. The highest BCUT2D eigenvalue weighted by Crippen LogP contribution is 2.23. The lowest BCUT2D eigenvalue weighted by molar-refractivity contribution is -0.120. The van der Waals surface area contributed by atoms with Crippen molar-refractivity contribution in [3.05, 3.63) is 82.2 Å². The van der Waals surface area contributed by atoms with E-state index >= 15 is 0 Å². The van der Waals surface area contributed by atoms with Crippen molar-refractivity contribution >= 4 is 28.9 Å². The highest BCUT2D eigenvalue weighted by molar-refractivity contribution is 6.33. The first kappa shape index (κ1) is 21.1. The van der Waals surface area contributed by atoms with Crippen LogP contribution >= 0.6 is 11.6 Å². The van der Waals surface area contributed by atoms with Gasteiger partial charge in [-0.25, -0.2) is 0 Å². The number of piperazine rings is 1. The Morgan fingerprint density at radius 3 is 2.26 bits per heavy atom. The molecule has 160 valence electrons. The summed E-state index contributed by atoms with van der Waals surface area (Å²) in [5.41, 5.74) is 1.74. The maximum Gasteiger partial charge on any atom is 0.292 e. The molecule has 8 heteroatoms. The third-order valence-corrected chi connectivity index (χ3v) is 5.88. The van der Waals surface area contributed by atoms with Crippen LogP contribution in [0.15, 0.2) is 71.7 Å². The number of para-hydroxylation sites is 2. The van der Waals surface area contributed by atoms with Gasteiger partial charge in [0.05, 0.1) is 23.6 Å². The first-order chi connectivity index (χ1) is 15.0. The second kappa shape index (κ2) is 9.32. The van der Waals surface area contributed by atoms with Gasteiger partial charge < -0.3 is 10.2 Å². The smallest absolute Gasteiger partial charge is 0.292 e. The second-order valence-corrected chi connectivity index (χ2v) is 7.83. The van der Waals surface area contributed by atoms with Crippen LogP contribution in [0.2, 0.25) is 5.02 Å². The minimum absolute atomic E-state index is 0.0372. The van der Waals surface area contributed by atoms with Crippen LogP contribution < -0.4 is 15.8 Å². The summed E-state index contributed by atoms with van der Waals surface area (Å²) in [6, 6.07) is 18.4. The fourth-order valence-electron chi connectivity index (χ4n) is 3.68. The molecule has 1 aromatic heterocycles. The van der Waals surface area contributed by atoms with E-state index in [0.717, 1.165) is 5.69 Å². The number of anilines is 2. The van der Waals surface area contributed by atoms with E-state index in [1.54, 1.807) is 6.20 Å². The van der Waals surface area contributed by atoms with Crippen molar-refractivity contribution in [1.29, 1.82) is 0 Å². The lowest BCUT2D eigenvalue weighted by Crippen LogP contribution is -2.53. The van der Waals surface area contributed by atoms with Crippen molar-refractivity contribution in [2.24, 2.45) is 0 Å². The molecule has 1 amide bonds. The summed E-state index contributed by atoms with van der Waals surface area (Å²) >= 11 is 6.43. The van der Waals surface area contributed by atoms with Crippen molar-refractivity contribution in [2.45, 2.75) is 13.0 Å². The van der Waals surface area contributed by atoms with Gasteiger partial charge in [-0.05, 0) is 31.2 Å². The molecule has 2 aromatic carbocycles. The number of carbonyl (C=O) groups is 1. The summed E-state index contributed by atoms with van der Waals surface area (Å²) in [5, 5.41) is 7.42. The largest absolute Gasteiger partial charge is 0.366 e. The molecule has 31 heavy (non-hydrogen) atoms. The third kappa shape index (κ3) is 4.62. The van der Waals surface area contributed by atoms with Crippen molar-refractivity contribution < 1.29 is 4.79 Å². The number of hydrogen-bond donors (Lipinski definition) is 1. The Balaban J connectivity index is 1.41. The monoisotopic (exact) mass is 437 g/mol. The number of amides is 1. The minimum Gasteiger partial charge on any atom is -0.366 e. The molecule has 1 N–H and O–H groups in total. The van der Waals surface area contributed by atoms with Gasteiger partial charge in [0.1, 0.15) is 5.02 Å². The number of halogens is 1. The molecule has 2 heterocycles. The molecule has 1 aliphatic heterocycles. The zero-order valence-corrected chi connectivity index (χ0v) is 18.0. The fourth-order valence-corrected chi connectivity index (χ4v) is 3.93. The Labute approximate surface area is 185 Å². The Bertz CT molecular complexity index is 1100. The summed E-state index contributed by atoms with van der Waals surface area (Å²) in [7, 11) is 0. The molecule has 1 fully saturated rings. The Kier molecular flexibility index (Phi) is 6.34. The Morgan fingerprint density at radius 1 is 1.00 bits per heavy atom. The number of carbonyl (C=O) groups excluding carboxylic acids is 1. The van der Waals surface area contributed by atoms with E-state index in [1.165, 1.54) is 4.68 Å². The van der Waals surface area contributed by atoms with Crippen LogP contribution in [0.1, 0.15) is 6.92 Å². The number of nitrogens with zero attached hydrogens (tertiary/aromatic N) is 4. The van der Waals surface area contributed by atoms with Gasteiger partial charge in [-0.15, -0.1) is 0 Å². The number of rotatable bonds is 5. The average Bonchev–Trinajstić information content (AvgIpc) is 2.82. The van der Waals surface area contributed by atoms with Gasteiger partial charge in [0.25, 0.3) is 5.56 Å².